The first-order chi connectivity index (χ1) is 15.9. The van der Waals surface area contributed by atoms with E-state index in [2.05, 4.69) is 131 Å². The maximum atomic E-state index is 2.38. The van der Waals surface area contributed by atoms with Crippen molar-refractivity contribution in [1.29, 1.82) is 0 Å². The number of fused-ring (bicyclic) bond motifs is 6. The van der Waals surface area contributed by atoms with Crippen molar-refractivity contribution in [2.45, 2.75) is 6.04 Å². The Balaban J connectivity index is 1.51. The van der Waals surface area contributed by atoms with E-state index in [1.807, 2.05) is 0 Å². The van der Waals surface area contributed by atoms with Gasteiger partial charge in [0, 0.05) is 28.3 Å². The van der Waals surface area contributed by atoms with Gasteiger partial charge in [0.05, 0.1) is 16.4 Å². The number of pyridine rings is 1. The van der Waals surface area contributed by atoms with Gasteiger partial charge in [-0.25, -0.2) is 0 Å². The van der Waals surface area contributed by atoms with E-state index < -0.39 is 0 Å². The number of hydrogen-bond acceptors (Lipinski definition) is 0. The Kier molecular flexibility index (Phi) is 3.65. The smallest absolute Gasteiger partial charge is 0.210 e. The molecular weight excluding hydrogens is 388 g/mol. The highest BCUT2D eigenvalue weighted by molar-refractivity contribution is 6.08. The molecule has 0 N–H and O–H groups in total. The molecule has 1 aliphatic carbocycles. The summed E-state index contributed by atoms with van der Waals surface area (Å²) in [5.41, 5.74) is 9.06. The van der Waals surface area contributed by atoms with Gasteiger partial charge in [-0.3, -0.25) is 0 Å². The maximum absolute atomic E-state index is 2.38. The molecule has 0 atom stereocenters. The molecule has 2 nitrogen and oxygen atoms in total. The molecular formula is C30H21N2+. The zero-order chi connectivity index (χ0) is 21.1. The second kappa shape index (κ2) is 6.66. The molecule has 150 valence electrons. The molecule has 4 aromatic carbocycles. The van der Waals surface area contributed by atoms with Crippen LogP contribution in [0.4, 0.5) is 0 Å². The summed E-state index contributed by atoms with van der Waals surface area (Å²) in [6, 6.07) is 39.4. The van der Waals surface area contributed by atoms with E-state index in [-0.39, 0.29) is 6.04 Å². The van der Waals surface area contributed by atoms with Crippen molar-refractivity contribution in [2.24, 2.45) is 0 Å². The summed E-state index contributed by atoms with van der Waals surface area (Å²) in [4.78, 5) is 0. The summed E-state index contributed by atoms with van der Waals surface area (Å²) in [6.07, 6.45) is 4.57. The molecule has 0 radical (unpaired) electrons. The predicted molar refractivity (Wildman–Crippen MR) is 130 cm³/mol. The van der Waals surface area contributed by atoms with Crippen molar-refractivity contribution in [1.82, 2.24) is 4.57 Å². The van der Waals surface area contributed by atoms with E-state index in [1.165, 1.54) is 49.7 Å². The molecule has 0 spiro atoms. The molecule has 0 bridgehead atoms. The van der Waals surface area contributed by atoms with E-state index in [0.29, 0.717) is 0 Å². The Morgan fingerprint density at radius 3 is 1.88 bits per heavy atom. The monoisotopic (exact) mass is 409 g/mol. The van der Waals surface area contributed by atoms with E-state index in [1.54, 1.807) is 0 Å². The Hall–Kier alpha value is -4.17. The molecule has 0 saturated carbocycles. The summed E-state index contributed by atoms with van der Waals surface area (Å²) in [5, 5.41) is 2.55. The Morgan fingerprint density at radius 2 is 1.12 bits per heavy atom. The Bertz CT molecular complexity index is 1580. The summed E-state index contributed by atoms with van der Waals surface area (Å²) in [5.74, 6) is 0. The minimum absolute atomic E-state index is 0.186. The van der Waals surface area contributed by atoms with Crippen LogP contribution in [0.2, 0.25) is 0 Å². The van der Waals surface area contributed by atoms with Gasteiger partial charge in [0.15, 0.2) is 12.4 Å². The van der Waals surface area contributed by atoms with Crippen LogP contribution in [0.5, 0.6) is 0 Å². The van der Waals surface area contributed by atoms with Crippen LogP contribution in [-0.2, 0) is 0 Å². The lowest BCUT2D eigenvalue weighted by atomic mass is 10.0. The van der Waals surface area contributed by atoms with Crippen LogP contribution in [0, 0.1) is 0 Å². The van der Waals surface area contributed by atoms with Crippen LogP contribution in [-0.4, -0.2) is 4.57 Å². The van der Waals surface area contributed by atoms with E-state index >= 15 is 0 Å². The van der Waals surface area contributed by atoms with E-state index in [9.17, 15) is 0 Å². The first-order valence-corrected chi connectivity index (χ1v) is 11.1. The fourth-order valence-corrected chi connectivity index (χ4v) is 5.40. The highest BCUT2D eigenvalue weighted by atomic mass is 15.0. The lowest BCUT2D eigenvalue weighted by Crippen LogP contribution is -2.39. The molecule has 2 heterocycles. The number of rotatable bonds is 2. The van der Waals surface area contributed by atoms with Crippen LogP contribution >= 0.6 is 0 Å². The van der Waals surface area contributed by atoms with Crippen LogP contribution in [0.15, 0.2) is 122 Å². The fourth-order valence-electron chi connectivity index (χ4n) is 5.40. The minimum Gasteiger partial charge on any atom is -0.309 e. The highest BCUT2D eigenvalue weighted by Gasteiger charge is 2.35. The van der Waals surface area contributed by atoms with Crippen LogP contribution in [0.1, 0.15) is 17.2 Å². The summed E-state index contributed by atoms with van der Waals surface area (Å²) in [7, 11) is 0. The van der Waals surface area contributed by atoms with Crippen LogP contribution in [0.3, 0.4) is 0 Å². The molecule has 0 aliphatic heterocycles. The summed E-state index contributed by atoms with van der Waals surface area (Å²) >= 11 is 0. The average Bonchev–Trinajstić information content (AvgIpc) is 3.37. The standard InChI is InChI=1S/C30H21N2/c1-2-10-21(11-3-1)32-28-17-9-8-14-24(28)27-20-31(19-18-29(27)32)30-25-15-6-4-12-22(25)23-13-5-7-16-26(23)30/h1-20,30H/q+1. The molecule has 1 aliphatic rings. The van der Waals surface area contributed by atoms with Gasteiger partial charge in [-0.05, 0) is 29.3 Å². The number of para-hydroxylation sites is 2. The first-order valence-electron chi connectivity index (χ1n) is 11.1. The number of hydrogen-bond donors (Lipinski definition) is 0. The second-order valence-corrected chi connectivity index (χ2v) is 8.46. The van der Waals surface area contributed by atoms with Crippen molar-refractivity contribution in [3.8, 4) is 16.8 Å². The van der Waals surface area contributed by atoms with Gasteiger partial charge >= 0.3 is 0 Å². The van der Waals surface area contributed by atoms with Crippen molar-refractivity contribution in [3.63, 3.8) is 0 Å². The average molecular weight is 410 g/mol. The van der Waals surface area contributed by atoms with Crippen LogP contribution in [0.25, 0.3) is 38.6 Å². The van der Waals surface area contributed by atoms with Gasteiger partial charge in [0.1, 0.15) is 0 Å². The van der Waals surface area contributed by atoms with Gasteiger partial charge in [0.2, 0.25) is 6.04 Å². The predicted octanol–water partition coefficient (Wildman–Crippen LogP) is 6.69. The molecule has 0 unspecified atom stereocenters. The van der Waals surface area contributed by atoms with Gasteiger partial charge in [-0.15, -0.1) is 0 Å². The summed E-state index contributed by atoms with van der Waals surface area (Å²) < 4.78 is 4.75. The van der Waals surface area contributed by atoms with Gasteiger partial charge in [-0.2, -0.15) is 4.57 Å². The lowest BCUT2D eigenvalue weighted by Gasteiger charge is -2.10. The number of aromatic nitrogens is 2. The Labute approximate surface area is 186 Å². The molecule has 6 aromatic rings. The fraction of sp³-hybridized carbons (Fsp3) is 0.0333. The van der Waals surface area contributed by atoms with Crippen molar-refractivity contribution < 1.29 is 4.57 Å². The zero-order valence-corrected chi connectivity index (χ0v) is 17.5. The molecule has 0 amide bonds. The van der Waals surface area contributed by atoms with Gasteiger partial charge in [-0.1, -0.05) is 84.9 Å². The Morgan fingerprint density at radius 1 is 0.531 bits per heavy atom. The molecule has 0 saturated heterocycles. The number of nitrogens with zero attached hydrogens (tertiary/aromatic N) is 2. The minimum atomic E-state index is 0.186. The molecule has 32 heavy (non-hydrogen) atoms. The third kappa shape index (κ3) is 2.38. The number of benzene rings is 4. The quantitative estimate of drug-likeness (QED) is 0.281. The molecule has 7 rings (SSSR count). The van der Waals surface area contributed by atoms with Crippen LogP contribution < -0.4 is 4.57 Å². The van der Waals surface area contributed by atoms with E-state index in [0.717, 1.165) is 0 Å². The normalized spacial score (nSPS) is 12.9. The van der Waals surface area contributed by atoms with Gasteiger partial charge < -0.3 is 4.57 Å². The van der Waals surface area contributed by atoms with Crippen molar-refractivity contribution in [2.75, 3.05) is 0 Å². The first kappa shape index (κ1) is 17.5. The highest BCUT2D eigenvalue weighted by Crippen LogP contribution is 2.43. The lowest BCUT2D eigenvalue weighted by molar-refractivity contribution is -0.702. The SMILES string of the molecule is c1ccc(-n2c3ccccc3c3c[n+](C4c5ccccc5-c5ccccc54)ccc32)cc1. The van der Waals surface area contributed by atoms with Gasteiger partial charge in [0.25, 0.3) is 0 Å². The summed E-state index contributed by atoms with van der Waals surface area (Å²) in [6.45, 7) is 0. The third-order valence-corrected chi connectivity index (χ3v) is 6.75. The third-order valence-electron chi connectivity index (χ3n) is 6.75. The molecule has 2 heteroatoms. The topological polar surface area (TPSA) is 8.81 Å². The van der Waals surface area contributed by atoms with Crippen molar-refractivity contribution in [3.05, 3.63) is 133 Å². The zero-order valence-electron chi connectivity index (χ0n) is 17.5. The maximum Gasteiger partial charge on any atom is 0.210 e. The van der Waals surface area contributed by atoms with E-state index in [4.69, 9.17) is 0 Å². The molecule has 0 fully saturated rings. The molecule has 2 aromatic heterocycles. The largest absolute Gasteiger partial charge is 0.309 e. The second-order valence-electron chi connectivity index (χ2n) is 8.46. The van der Waals surface area contributed by atoms with Crippen molar-refractivity contribution >= 4 is 21.8 Å².